The predicted molar refractivity (Wildman–Crippen MR) is 85.1 cm³/mol. The fraction of sp³-hybridized carbons (Fsp3) is 0.600. The Bertz CT molecular complexity index is 448. The maximum Gasteiger partial charge on any atom is 0.187 e. The minimum absolute atomic E-state index is 0.439. The summed E-state index contributed by atoms with van der Waals surface area (Å²) in [7, 11) is 0. The topological polar surface area (TPSA) is 36.4 Å². The van der Waals surface area contributed by atoms with E-state index < -0.39 is 0 Å². The first-order valence-electron chi connectivity index (χ1n) is 6.82. The molecule has 3 aliphatic carbocycles. The molecule has 2 N–H and O–H groups in total. The summed E-state index contributed by atoms with van der Waals surface area (Å²) in [6.45, 7) is 11.2. The number of fused-ring (bicyclic) bond motifs is 1. The lowest BCUT2D eigenvalue weighted by Gasteiger charge is -2.55. The Hall–Kier alpha value is -1.16. The van der Waals surface area contributed by atoms with Crippen LogP contribution in [-0.2, 0) is 0 Å². The van der Waals surface area contributed by atoms with E-state index in [-0.39, 0.29) is 0 Å². The van der Waals surface area contributed by atoms with Crippen LogP contribution in [0.5, 0.6) is 0 Å². The Balaban J connectivity index is 1.82. The van der Waals surface area contributed by atoms with Crippen molar-refractivity contribution < 1.29 is 0 Å². The third-order valence-corrected chi connectivity index (χ3v) is 4.68. The van der Waals surface area contributed by atoms with Gasteiger partial charge in [-0.2, -0.15) is 5.10 Å². The highest BCUT2D eigenvalue weighted by molar-refractivity contribution is 7.80. The Morgan fingerprint density at radius 1 is 1.63 bits per heavy atom. The van der Waals surface area contributed by atoms with Crippen molar-refractivity contribution >= 4 is 23.5 Å². The Labute approximate surface area is 121 Å². The average Bonchev–Trinajstić information content (AvgIpc) is 2.36. The zero-order valence-electron chi connectivity index (χ0n) is 12.0. The summed E-state index contributed by atoms with van der Waals surface area (Å²) >= 11 is 5.13. The van der Waals surface area contributed by atoms with Crippen LogP contribution in [0.25, 0.3) is 0 Å². The first kappa shape index (κ1) is 14.3. The van der Waals surface area contributed by atoms with Gasteiger partial charge < -0.3 is 5.32 Å². The number of thiocarbonyl (C=S) groups is 1. The van der Waals surface area contributed by atoms with Gasteiger partial charge in [0.1, 0.15) is 0 Å². The summed E-state index contributed by atoms with van der Waals surface area (Å²) in [5.41, 5.74) is 5.69. The van der Waals surface area contributed by atoms with E-state index in [1.165, 1.54) is 18.4 Å². The number of hydrogen-bond donors (Lipinski definition) is 2. The van der Waals surface area contributed by atoms with E-state index in [1.807, 2.05) is 13.1 Å². The van der Waals surface area contributed by atoms with Crippen LogP contribution in [0.3, 0.4) is 0 Å². The molecule has 0 aromatic rings. The van der Waals surface area contributed by atoms with Crippen LogP contribution in [0.15, 0.2) is 28.9 Å². The van der Waals surface area contributed by atoms with Gasteiger partial charge in [-0.1, -0.05) is 32.1 Å². The largest absolute Gasteiger partial charge is 0.358 e. The zero-order valence-corrected chi connectivity index (χ0v) is 12.8. The highest BCUT2D eigenvalue weighted by Crippen LogP contribution is 2.58. The quantitative estimate of drug-likeness (QED) is 0.359. The maximum absolute atomic E-state index is 5.13. The SMILES string of the molecule is C=C(C)CNC(=S)N/N=C\C1=CC[C@@H]2C[C@H]1C2(C)C. The molecule has 0 amide bonds. The fourth-order valence-corrected chi connectivity index (χ4v) is 3.11. The minimum atomic E-state index is 0.439. The van der Waals surface area contributed by atoms with E-state index in [0.29, 0.717) is 23.0 Å². The molecule has 3 rings (SSSR count). The molecule has 0 aromatic heterocycles. The summed E-state index contributed by atoms with van der Waals surface area (Å²) < 4.78 is 0. The van der Waals surface area contributed by atoms with Crippen molar-refractivity contribution in [3.63, 3.8) is 0 Å². The predicted octanol–water partition coefficient (Wildman–Crippen LogP) is 3.00. The van der Waals surface area contributed by atoms with E-state index in [1.54, 1.807) is 0 Å². The van der Waals surface area contributed by atoms with Gasteiger partial charge in [-0.05, 0) is 54.8 Å². The number of rotatable bonds is 4. The molecule has 1 saturated carbocycles. The Morgan fingerprint density at radius 2 is 2.37 bits per heavy atom. The third-order valence-electron chi connectivity index (χ3n) is 4.44. The summed E-state index contributed by atoms with van der Waals surface area (Å²) in [5.74, 6) is 1.52. The molecule has 3 nitrogen and oxygen atoms in total. The molecule has 2 atom stereocenters. The summed E-state index contributed by atoms with van der Waals surface area (Å²) in [5, 5.41) is 7.82. The van der Waals surface area contributed by atoms with Crippen molar-refractivity contribution in [3.8, 4) is 0 Å². The Morgan fingerprint density at radius 3 is 2.95 bits per heavy atom. The molecule has 104 valence electrons. The lowest BCUT2D eigenvalue weighted by atomic mass is 9.49. The number of nitrogens with zero attached hydrogens (tertiary/aromatic N) is 1. The van der Waals surface area contributed by atoms with Crippen LogP contribution in [0, 0.1) is 17.3 Å². The monoisotopic (exact) mass is 277 g/mol. The molecular weight excluding hydrogens is 254 g/mol. The molecule has 3 aliphatic rings. The lowest BCUT2D eigenvalue weighted by molar-refractivity contribution is -0.00126. The molecule has 0 saturated heterocycles. The number of hydrazone groups is 1. The summed E-state index contributed by atoms with van der Waals surface area (Å²) in [6, 6.07) is 0. The van der Waals surface area contributed by atoms with Crippen LogP contribution >= 0.6 is 12.2 Å². The smallest absolute Gasteiger partial charge is 0.187 e. The summed E-state index contributed by atoms with van der Waals surface area (Å²) in [6.07, 6.45) is 6.74. The van der Waals surface area contributed by atoms with Crippen LogP contribution in [0.4, 0.5) is 0 Å². The molecule has 1 fully saturated rings. The normalized spacial score (nSPS) is 27.4. The molecule has 4 heteroatoms. The second-order valence-corrected chi connectivity index (χ2v) is 6.66. The van der Waals surface area contributed by atoms with E-state index in [4.69, 9.17) is 12.2 Å². The highest BCUT2D eigenvalue weighted by atomic mass is 32.1. The minimum Gasteiger partial charge on any atom is -0.358 e. The average molecular weight is 277 g/mol. The van der Waals surface area contributed by atoms with Gasteiger partial charge in [-0.25, -0.2) is 0 Å². The van der Waals surface area contributed by atoms with Crippen LogP contribution < -0.4 is 10.7 Å². The highest BCUT2D eigenvalue weighted by Gasteiger charge is 2.50. The summed E-state index contributed by atoms with van der Waals surface area (Å²) in [4.78, 5) is 0. The van der Waals surface area contributed by atoms with Gasteiger partial charge in [0, 0.05) is 6.54 Å². The standard InChI is InChI=1S/C15H23N3S/c1-10(2)8-16-14(19)18-17-9-11-5-6-12-7-13(11)15(12,3)4/h5,9,12-13H,1,6-8H2,2-4H3,(H2,16,18,19)/b17-9-/t12-,13-/m1/s1. The maximum atomic E-state index is 5.13. The number of hydrogen-bond acceptors (Lipinski definition) is 2. The van der Waals surface area contributed by atoms with Crippen molar-refractivity contribution in [3.05, 3.63) is 23.8 Å². The van der Waals surface area contributed by atoms with Crippen LogP contribution in [0.2, 0.25) is 0 Å². The van der Waals surface area contributed by atoms with Gasteiger partial charge in [-0.3, -0.25) is 5.43 Å². The van der Waals surface area contributed by atoms with Crippen molar-refractivity contribution in [1.82, 2.24) is 10.7 Å². The van der Waals surface area contributed by atoms with E-state index >= 15 is 0 Å². The van der Waals surface area contributed by atoms with E-state index in [2.05, 4.69) is 42.3 Å². The zero-order chi connectivity index (χ0) is 14.0. The van der Waals surface area contributed by atoms with Gasteiger partial charge in [0.2, 0.25) is 0 Å². The molecule has 0 heterocycles. The van der Waals surface area contributed by atoms with Gasteiger partial charge in [-0.15, -0.1) is 0 Å². The molecule has 19 heavy (non-hydrogen) atoms. The number of nitrogens with one attached hydrogen (secondary N) is 2. The molecule has 0 unspecified atom stereocenters. The lowest BCUT2D eigenvalue weighted by Crippen LogP contribution is -2.48. The fourth-order valence-electron chi connectivity index (χ4n) is 2.98. The van der Waals surface area contributed by atoms with Crippen LogP contribution in [0.1, 0.15) is 33.6 Å². The van der Waals surface area contributed by atoms with E-state index in [9.17, 15) is 0 Å². The van der Waals surface area contributed by atoms with Crippen molar-refractivity contribution in [1.29, 1.82) is 0 Å². The molecule has 0 aromatic carbocycles. The molecule has 0 radical (unpaired) electrons. The Kier molecular flexibility index (Phi) is 4.09. The second kappa shape index (κ2) is 5.45. The van der Waals surface area contributed by atoms with Gasteiger partial charge in [0.15, 0.2) is 5.11 Å². The van der Waals surface area contributed by atoms with Gasteiger partial charge >= 0.3 is 0 Å². The van der Waals surface area contributed by atoms with Crippen molar-refractivity contribution in [2.75, 3.05) is 6.54 Å². The van der Waals surface area contributed by atoms with Gasteiger partial charge in [0.25, 0.3) is 0 Å². The molecular formula is C15H23N3S. The molecule has 2 bridgehead atoms. The van der Waals surface area contributed by atoms with Gasteiger partial charge in [0.05, 0.1) is 6.21 Å². The second-order valence-electron chi connectivity index (χ2n) is 6.26. The molecule has 0 aliphatic heterocycles. The first-order valence-corrected chi connectivity index (χ1v) is 7.23. The molecule has 0 spiro atoms. The van der Waals surface area contributed by atoms with E-state index in [0.717, 1.165) is 11.5 Å². The van der Waals surface area contributed by atoms with Crippen LogP contribution in [-0.4, -0.2) is 17.9 Å². The van der Waals surface area contributed by atoms with Crippen molar-refractivity contribution in [2.45, 2.75) is 33.6 Å². The third kappa shape index (κ3) is 3.06. The first-order chi connectivity index (χ1) is 8.91. The number of allylic oxidation sites excluding steroid dienone is 2. The van der Waals surface area contributed by atoms with Crippen molar-refractivity contribution in [2.24, 2.45) is 22.4 Å².